The fourth-order valence-corrected chi connectivity index (χ4v) is 7.02. The normalized spacial score (nSPS) is 23.8. The molecule has 36 heavy (non-hydrogen) atoms. The maximum atomic E-state index is 13.0. The minimum absolute atomic E-state index is 0.0386. The largest absolute Gasteiger partial charge is 0.493 e. The number of likely N-dealkylation sites (tertiary alicyclic amines) is 1. The number of nitrogens with zero attached hydrogens (tertiary/aromatic N) is 1. The van der Waals surface area contributed by atoms with Crippen molar-refractivity contribution in [2.75, 3.05) is 27.3 Å². The lowest BCUT2D eigenvalue weighted by Gasteiger charge is -2.41. The van der Waals surface area contributed by atoms with E-state index in [1.807, 2.05) is 0 Å². The average Bonchev–Trinajstić information content (AvgIpc) is 3.73. The zero-order valence-corrected chi connectivity index (χ0v) is 22.1. The average molecular weight is 515 g/mol. The van der Waals surface area contributed by atoms with E-state index < -0.39 is 10.0 Å². The van der Waals surface area contributed by atoms with Crippen molar-refractivity contribution in [1.29, 1.82) is 0 Å². The van der Waals surface area contributed by atoms with Crippen LogP contribution in [0.25, 0.3) is 0 Å². The number of piperidine rings is 1. The highest BCUT2D eigenvalue weighted by Crippen LogP contribution is 2.38. The first-order valence-corrected chi connectivity index (χ1v) is 14.7. The highest BCUT2D eigenvalue weighted by atomic mass is 32.2. The van der Waals surface area contributed by atoms with Crippen molar-refractivity contribution in [1.82, 2.24) is 9.62 Å². The third-order valence-corrected chi connectivity index (χ3v) is 9.42. The first-order valence-electron chi connectivity index (χ1n) is 13.2. The molecule has 0 bridgehead atoms. The number of para-hydroxylation sites is 1. The summed E-state index contributed by atoms with van der Waals surface area (Å²) in [6.07, 6.45) is 8.83. The molecular formula is C28H38N2O5S. The molecule has 5 rings (SSSR count). The molecule has 1 heterocycles. The molecule has 196 valence electrons. The first kappa shape index (κ1) is 25.4. The summed E-state index contributed by atoms with van der Waals surface area (Å²) >= 11 is 0. The Morgan fingerprint density at radius 3 is 2.17 bits per heavy atom. The van der Waals surface area contributed by atoms with Crippen LogP contribution >= 0.6 is 0 Å². The predicted molar refractivity (Wildman–Crippen MR) is 140 cm³/mol. The van der Waals surface area contributed by atoms with Crippen molar-refractivity contribution < 1.29 is 22.6 Å². The van der Waals surface area contributed by atoms with Gasteiger partial charge in [-0.1, -0.05) is 18.2 Å². The zero-order chi connectivity index (χ0) is 25.1. The van der Waals surface area contributed by atoms with E-state index in [2.05, 4.69) is 33.9 Å². The zero-order valence-electron chi connectivity index (χ0n) is 21.3. The number of nitrogens with one attached hydrogen (secondary N) is 1. The summed E-state index contributed by atoms with van der Waals surface area (Å²) in [6, 6.07) is 13.8. The summed E-state index contributed by atoms with van der Waals surface area (Å²) in [6.45, 7) is 2.18. The van der Waals surface area contributed by atoms with E-state index in [4.69, 9.17) is 14.2 Å². The maximum absolute atomic E-state index is 13.0. The van der Waals surface area contributed by atoms with Gasteiger partial charge in [-0.15, -0.1) is 0 Å². The van der Waals surface area contributed by atoms with Crippen molar-refractivity contribution in [3.05, 3.63) is 48.0 Å². The molecule has 3 aliphatic rings. The van der Waals surface area contributed by atoms with Crippen molar-refractivity contribution in [3.8, 4) is 17.2 Å². The molecule has 0 unspecified atom stereocenters. The van der Waals surface area contributed by atoms with Crippen molar-refractivity contribution in [2.24, 2.45) is 0 Å². The van der Waals surface area contributed by atoms with E-state index in [0.29, 0.717) is 29.6 Å². The molecule has 3 fully saturated rings. The van der Waals surface area contributed by atoms with Gasteiger partial charge in [0.1, 0.15) is 5.75 Å². The summed E-state index contributed by atoms with van der Waals surface area (Å²) < 4.78 is 45.6. The molecule has 0 atom stereocenters. The predicted octanol–water partition coefficient (Wildman–Crippen LogP) is 4.71. The van der Waals surface area contributed by atoms with E-state index in [9.17, 15) is 8.42 Å². The first-order chi connectivity index (χ1) is 17.5. The van der Waals surface area contributed by atoms with Gasteiger partial charge in [-0.05, 0) is 94.1 Å². The van der Waals surface area contributed by atoms with Crippen LogP contribution in [0.5, 0.6) is 17.2 Å². The third kappa shape index (κ3) is 5.82. The molecular weight excluding hydrogens is 476 g/mol. The lowest BCUT2D eigenvalue weighted by Crippen LogP contribution is -2.46. The molecule has 1 aliphatic heterocycles. The molecule has 2 aromatic carbocycles. The quantitative estimate of drug-likeness (QED) is 0.522. The second-order valence-corrected chi connectivity index (χ2v) is 12.0. The summed E-state index contributed by atoms with van der Waals surface area (Å²) in [5.41, 5.74) is 1.37. The van der Waals surface area contributed by atoms with E-state index in [1.54, 1.807) is 12.1 Å². The SMILES string of the molecule is COc1ccc(S(=O)(=O)N[C@H]2CC[C@H](N3CCC(c4ccccc4OC4CC4)CC3)CC2)cc1OC. The minimum Gasteiger partial charge on any atom is -0.493 e. The van der Waals surface area contributed by atoms with Gasteiger partial charge in [0.15, 0.2) is 11.5 Å². The van der Waals surface area contributed by atoms with Crippen LogP contribution in [0.15, 0.2) is 47.4 Å². The van der Waals surface area contributed by atoms with Crippen LogP contribution in [0.2, 0.25) is 0 Å². The number of hydrogen-bond acceptors (Lipinski definition) is 6. The molecule has 2 aromatic rings. The van der Waals surface area contributed by atoms with Crippen LogP contribution < -0.4 is 18.9 Å². The Morgan fingerprint density at radius 2 is 1.50 bits per heavy atom. The molecule has 0 amide bonds. The molecule has 2 aliphatic carbocycles. The molecule has 1 saturated heterocycles. The maximum Gasteiger partial charge on any atom is 0.240 e. The number of hydrogen-bond donors (Lipinski definition) is 1. The smallest absolute Gasteiger partial charge is 0.240 e. The van der Waals surface area contributed by atoms with Crippen LogP contribution in [0, 0.1) is 0 Å². The second-order valence-electron chi connectivity index (χ2n) is 10.3. The number of sulfonamides is 1. The Labute approximate surface area is 215 Å². The molecule has 0 spiro atoms. The fraction of sp³-hybridized carbons (Fsp3) is 0.571. The summed E-state index contributed by atoms with van der Waals surface area (Å²) in [5.74, 6) is 2.57. The summed E-state index contributed by atoms with van der Waals surface area (Å²) in [5, 5.41) is 0. The molecule has 0 radical (unpaired) electrons. The molecule has 7 nitrogen and oxygen atoms in total. The topological polar surface area (TPSA) is 77.1 Å². The van der Waals surface area contributed by atoms with Gasteiger partial charge in [0.05, 0.1) is 25.2 Å². The molecule has 1 N–H and O–H groups in total. The highest BCUT2D eigenvalue weighted by Gasteiger charge is 2.32. The van der Waals surface area contributed by atoms with Crippen LogP contribution in [0.1, 0.15) is 62.8 Å². The van der Waals surface area contributed by atoms with E-state index in [-0.39, 0.29) is 10.9 Å². The highest BCUT2D eigenvalue weighted by molar-refractivity contribution is 7.89. The summed E-state index contributed by atoms with van der Waals surface area (Å²) in [7, 11) is -0.575. The number of benzene rings is 2. The third-order valence-electron chi connectivity index (χ3n) is 7.91. The molecule has 2 saturated carbocycles. The van der Waals surface area contributed by atoms with Gasteiger partial charge in [-0.25, -0.2) is 13.1 Å². The fourth-order valence-electron chi connectivity index (χ4n) is 5.70. The van der Waals surface area contributed by atoms with Gasteiger partial charge in [0, 0.05) is 18.2 Å². The lowest BCUT2D eigenvalue weighted by atomic mass is 9.85. The van der Waals surface area contributed by atoms with Crippen LogP contribution in [0.3, 0.4) is 0 Å². The van der Waals surface area contributed by atoms with Gasteiger partial charge in [-0.2, -0.15) is 0 Å². The number of rotatable bonds is 9. The van der Waals surface area contributed by atoms with Crippen LogP contribution in [-0.2, 0) is 10.0 Å². The minimum atomic E-state index is -3.62. The Kier molecular flexibility index (Phi) is 7.74. The van der Waals surface area contributed by atoms with Gasteiger partial charge in [-0.3, -0.25) is 0 Å². The molecule has 8 heteroatoms. The van der Waals surface area contributed by atoms with Crippen molar-refractivity contribution in [3.63, 3.8) is 0 Å². The van der Waals surface area contributed by atoms with Gasteiger partial charge in [0.25, 0.3) is 0 Å². The Balaban J connectivity index is 1.12. The van der Waals surface area contributed by atoms with Gasteiger partial charge < -0.3 is 19.1 Å². The molecule has 0 aromatic heterocycles. The number of ether oxygens (including phenoxy) is 3. The Bertz CT molecular complexity index is 1130. The second kappa shape index (κ2) is 11.0. The lowest BCUT2D eigenvalue weighted by molar-refractivity contribution is 0.115. The summed E-state index contributed by atoms with van der Waals surface area (Å²) in [4.78, 5) is 2.83. The van der Waals surface area contributed by atoms with Crippen LogP contribution in [0.4, 0.5) is 0 Å². The van der Waals surface area contributed by atoms with Gasteiger partial charge in [0.2, 0.25) is 10.0 Å². The van der Waals surface area contributed by atoms with Crippen molar-refractivity contribution >= 4 is 10.0 Å². The van der Waals surface area contributed by atoms with Gasteiger partial charge >= 0.3 is 0 Å². The Hall–Kier alpha value is -2.29. The monoisotopic (exact) mass is 514 g/mol. The van der Waals surface area contributed by atoms with E-state index >= 15 is 0 Å². The van der Waals surface area contributed by atoms with E-state index in [0.717, 1.165) is 57.4 Å². The van der Waals surface area contributed by atoms with Crippen LogP contribution in [-0.4, -0.2) is 58.8 Å². The number of methoxy groups -OCH3 is 2. The van der Waals surface area contributed by atoms with E-state index in [1.165, 1.54) is 38.7 Å². The Morgan fingerprint density at radius 1 is 0.806 bits per heavy atom. The van der Waals surface area contributed by atoms with Crippen molar-refractivity contribution in [2.45, 2.75) is 80.4 Å². The standard InChI is InChI=1S/C28H38N2O5S/c1-33-27-14-13-24(19-28(27)34-2)36(31,32)29-21-7-9-22(10-8-21)30-17-15-20(16-18-30)25-5-3-4-6-26(25)35-23-11-12-23/h3-6,13-14,19-23,29H,7-12,15-18H2,1-2H3/t21-,22-.